The van der Waals surface area contributed by atoms with Gasteiger partial charge in [-0.2, -0.15) is 0 Å². The summed E-state index contributed by atoms with van der Waals surface area (Å²) < 4.78 is 5.25. The van der Waals surface area contributed by atoms with Gasteiger partial charge in [0.2, 0.25) is 0 Å². The molecular weight excluding hydrogens is 224 g/mol. The van der Waals surface area contributed by atoms with Gasteiger partial charge in [-0.25, -0.2) is 0 Å². The first-order chi connectivity index (χ1) is 8.86. The molecule has 0 amide bonds. The Morgan fingerprint density at radius 1 is 1.06 bits per heavy atom. The van der Waals surface area contributed by atoms with Crippen LogP contribution in [0.5, 0.6) is 0 Å². The summed E-state index contributed by atoms with van der Waals surface area (Å²) >= 11 is 0. The summed E-state index contributed by atoms with van der Waals surface area (Å²) in [5, 5.41) is 6.82. The maximum Gasteiger partial charge on any atom is 0.117 e. The van der Waals surface area contributed by atoms with E-state index in [1.165, 1.54) is 5.56 Å². The fraction of sp³-hybridized carbons (Fsp3) is 0.333. The van der Waals surface area contributed by atoms with Crippen LogP contribution >= 0.6 is 0 Å². The highest BCUT2D eigenvalue weighted by atomic mass is 16.3. The molecule has 2 aromatic rings. The zero-order valence-corrected chi connectivity index (χ0v) is 10.7. The van der Waals surface area contributed by atoms with Crippen LogP contribution in [0.25, 0.3) is 0 Å². The number of nitrogens with one attached hydrogen (secondary N) is 2. The Balaban J connectivity index is 1.61. The van der Waals surface area contributed by atoms with E-state index in [4.69, 9.17) is 4.42 Å². The van der Waals surface area contributed by atoms with E-state index in [-0.39, 0.29) is 0 Å². The predicted molar refractivity (Wildman–Crippen MR) is 73.3 cm³/mol. The van der Waals surface area contributed by atoms with Gasteiger partial charge in [0.1, 0.15) is 5.76 Å². The minimum atomic E-state index is 0.386. The van der Waals surface area contributed by atoms with Gasteiger partial charge in [0, 0.05) is 19.1 Å². The third-order valence-corrected chi connectivity index (χ3v) is 2.93. The summed E-state index contributed by atoms with van der Waals surface area (Å²) in [5.74, 6) is 0.978. The summed E-state index contributed by atoms with van der Waals surface area (Å²) in [7, 11) is 0. The minimum absolute atomic E-state index is 0.386. The van der Waals surface area contributed by atoms with E-state index in [0.29, 0.717) is 6.04 Å². The molecule has 0 aliphatic heterocycles. The first-order valence-corrected chi connectivity index (χ1v) is 6.37. The van der Waals surface area contributed by atoms with E-state index in [0.717, 1.165) is 25.4 Å². The second-order valence-corrected chi connectivity index (χ2v) is 4.34. The van der Waals surface area contributed by atoms with Crippen molar-refractivity contribution in [2.75, 3.05) is 13.1 Å². The predicted octanol–water partition coefficient (Wildman–Crippen LogP) is 2.72. The number of rotatable bonds is 7. The molecule has 0 bridgehead atoms. The van der Waals surface area contributed by atoms with Crippen molar-refractivity contribution in [1.29, 1.82) is 0 Å². The van der Waals surface area contributed by atoms with Crippen LogP contribution in [0.1, 0.15) is 24.3 Å². The maximum atomic E-state index is 5.25. The van der Waals surface area contributed by atoms with Crippen molar-refractivity contribution in [3.63, 3.8) is 0 Å². The highest BCUT2D eigenvalue weighted by molar-refractivity contribution is 5.17. The van der Waals surface area contributed by atoms with Crippen LogP contribution < -0.4 is 10.6 Å². The highest BCUT2D eigenvalue weighted by Crippen LogP contribution is 2.10. The van der Waals surface area contributed by atoms with Crippen molar-refractivity contribution >= 4 is 0 Å². The number of benzene rings is 1. The van der Waals surface area contributed by atoms with Gasteiger partial charge in [-0.1, -0.05) is 30.3 Å². The Bertz CT molecular complexity index is 425. The molecular formula is C15H20N2O. The van der Waals surface area contributed by atoms with Crippen molar-refractivity contribution in [3.05, 3.63) is 60.1 Å². The zero-order chi connectivity index (χ0) is 12.6. The third-order valence-electron chi connectivity index (χ3n) is 2.93. The lowest BCUT2D eigenvalue weighted by atomic mass is 10.1. The molecule has 0 aliphatic carbocycles. The molecule has 1 heterocycles. The monoisotopic (exact) mass is 244 g/mol. The first kappa shape index (κ1) is 12.9. The Kier molecular flexibility index (Phi) is 5.00. The summed E-state index contributed by atoms with van der Waals surface area (Å²) in [6.07, 6.45) is 1.70. The van der Waals surface area contributed by atoms with Crippen LogP contribution in [-0.4, -0.2) is 13.1 Å². The molecule has 3 nitrogen and oxygen atoms in total. The Morgan fingerprint density at radius 2 is 1.89 bits per heavy atom. The van der Waals surface area contributed by atoms with Crippen molar-refractivity contribution in [2.24, 2.45) is 0 Å². The molecule has 0 radical (unpaired) electrons. The summed E-state index contributed by atoms with van der Waals surface area (Å²) in [5.41, 5.74) is 1.32. The molecule has 1 atom stereocenters. The molecule has 96 valence electrons. The van der Waals surface area contributed by atoms with Crippen molar-refractivity contribution < 1.29 is 4.42 Å². The average molecular weight is 244 g/mol. The third kappa shape index (κ3) is 4.02. The van der Waals surface area contributed by atoms with Gasteiger partial charge in [-0.3, -0.25) is 0 Å². The standard InChI is InChI=1S/C15H20N2O/c1-13(14-6-3-2-4-7-14)17-10-9-16-12-15-8-5-11-18-15/h2-8,11,13,16-17H,9-10,12H2,1H3. The molecule has 1 aromatic heterocycles. The molecule has 1 unspecified atom stereocenters. The van der Waals surface area contributed by atoms with Crippen LogP contribution in [0.4, 0.5) is 0 Å². The first-order valence-electron chi connectivity index (χ1n) is 6.37. The molecule has 0 fully saturated rings. The quantitative estimate of drug-likeness (QED) is 0.735. The maximum absolute atomic E-state index is 5.25. The zero-order valence-electron chi connectivity index (χ0n) is 10.7. The fourth-order valence-electron chi connectivity index (χ4n) is 1.86. The number of hydrogen-bond acceptors (Lipinski definition) is 3. The van der Waals surface area contributed by atoms with Gasteiger partial charge >= 0.3 is 0 Å². The Hall–Kier alpha value is -1.58. The topological polar surface area (TPSA) is 37.2 Å². The second-order valence-electron chi connectivity index (χ2n) is 4.34. The Morgan fingerprint density at radius 3 is 2.61 bits per heavy atom. The lowest BCUT2D eigenvalue weighted by Gasteiger charge is -2.14. The lowest BCUT2D eigenvalue weighted by Crippen LogP contribution is -2.28. The Labute approximate surface area is 108 Å². The molecule has 0 aliphatic rings. The molecule has 18 heavy (non-hydrogen) atoms. The molecule has 1 aromatic carbocycles. The van der Waals surface area contributed by atoms with Crippen molar-refractivity contribution in [2.45, 2.75) is 19.5 Å². The van der Waals surface area contributed by atoms with Crippen LogP contribution in [0.15, 0.2) is 53.1 Å². The average Bonchev–Trinajstić information content (AvgIpc) is 2.92. The summed E-state index contributed by atoms with van der Waals surface area (Å²) in [6, 6.07) is 14.8. The van der Waals surface area contributed by atoms with Crippen molar-refractivity contribution in [1.82, 2.24) is 10.6 Å². The molecule has 2 rings (SSSR count). The van der Waals surface area contributed by atoms with E-state index in [2.05, 4.69) is 41.8 Å². The number of furan rings is 1. The molecule has 2 N–H and O–H groups in total. The molecule has 0 saturated heterocycles. The van der Waals surface area contributed by atoms with Gasteiger partial charge < -0.3 is 15.1 Å². The molecule has 3 heteroatoms. The van der Waals surface area contributed by atoms with E-state index in [1.807, 2.05) is 18.2 Å². The van der Waals surface area contributed by atoms with Gasteiger partial charge in [0.25, 0.3) is 0 Å². The van der Waals surface area contributed by atoms with Gasteiger partial charge in [0.15, 0.2) is 0 Å². The highest BCUT2D eigenvalue weighted by Gasteiger charge is 2.02. The van der Waals surface area contributed by atoms with Crippen molar-refractivity contribution in [3.8, 4) is 0 Å². The smallest absolute Gasteiger partial charge is 0.117 e. The molecule has 0 saturated carbocycles. The van der Waals surface area contributed by atoms with E-state index in [1.54, 1.807) is 6.26 Å². The summed E-state index contributed by atoms with van der Waals surface area (Å²) in [4.78, 5) is 0. The van der Waals surface area contributed by atoms with Crippen LogP contribution in [-0.2, 0) is 6.54 Å². The second kappa shape index (κ2) is 6.99. The normalized spacial score (nSPS) is 12.5. The summed E-state index contributed by atoms with van der Waals surface area (Å²) in [6.45, 7) is 4.84. The van der Waals surface area contributed by atoms with Crippen LogP contribution in [0.2, 0.25) is 0 Å². The molecule has 0 spiro atoms. The fourth-order valence-corrected chi connectivity index (χ4v) is 1.86. The van der Waals surface area contributed by atoms with E-state index in [9.17, 15) is 0 Å². The van der Waals surface area contributed by atoms with E-state index >= 15 is 0 Å². The van der Waals surface area contributed by atoms with Gasteiger partial charge in [-0.05, 0) is 24.6 Å². The lowest BCUT2D eigenvalue weighted by molar-refractivity contribution is 0.474. The largest absolute Gasteiger partial charge is 0.468 e. The van der Waals surface area contributed by atoms with Gasteiger partial charge in [0.05, 0.1) is 12.8 Å². The minimum Gasteiger partial charge on any atom is -0.468 e. The van der Waals surface area contributed by atoms with E-state index < -0.39 is 0 Å². The number of hydrogen-bond donors (Lipinski definition) is 2. The van der Waals surface area contributed by atoms with Crippen LogP contribution in [0, 0.1) is 0 Å². The SMILES string of the molecule is CC(NCCNCc1ccco1)c1ccccc1. The van der Waals surface area contributed by atoms with Gasteiger partial charge in [-0.15, -0.1) is 0 Å². The van der Waals surface area contributed by atoms with Crippen LogP contribution in [0.3, 0.4) is 0 Å².